The fourth-order valence-electron chi connectivity index (χ4n) is 1.31. The monoisotopic (exact) mass is 249 g/mol. The van der Waals surface area contributed by atoms with Crippen molar-refractivity contribution in [2.75, 3.05) is 5.73 Å². The van der Waals surface area contributed by atoms with Crippen LogP contribution in [0.2, 0.25) is 5.02 Å². The maximum Gasteiger partial charge on any atom is 0.241 e. The Labute approximate surface area is 104 Å². The molecule has 0 saturated heterocycles. The average molecular weight is 250 g/mol. The summed E-state index contributed by atoms with van der Waals surface area (Å²) >= 11 is 5.88. The van der Waals surface area contributed by atoms with Crippen LogP contribution in [0, 0.1) is 13.8 Å². The Hall–Kier alpha value is -1.81. The summed E-state index contributed by atoms with van der Waals surface area (Å²) in [5, 5.41) is 0.562. The highest BCUT2D eigenvalue weighted by atomic mass is 35.5. The second-order valence-corrected chi connectivity index (χ2v) is 4.12. The SMILES string of the molecule is Cc1cnc(C)c(Oc2cc(Cl)ccc2N)n1. The number of ether oxygens (including phenoxy) is 1. The van der Waals surface area contributed by atoms with E-state index in [1.54, 1.807) is 24.4 Å². The van der Waals surface area contributed by atoms with Gasteiger partial charge in [0.25, 0.3) is 0 Å². The van der Waals surface area contributed by atoms with Crippen molar-refractivity contribution in [3.8, 4) is 11.6 Å². The Bertz CT molecular complexity index is 508. The van der Waals surface area contributed by atoms with E-state index in [-0.39, 0.29) is 0 Å². The summed E-state index contributed by atoms with van der Waals surface area (Å²) in [7, 11) is 0. The van der Waals surface area contributed by atoms with Gasteiger partial charge in [0, 0.05) is 17.3 Å². The van der Waals surface area contributed by atoms with Crippen molar-refractivity contribution < 1.29 is 4.74 Å². The quantitative estimate of drug-likeness (QED) is 0.831. The molecule has 0 spiro atoms. The van der Waals surface area contributed by atoms with Crippen LogP contribution in [0.5, 0.6) is 11.6 Å². The van der Waals surface area contributed by atoms with Crippen molar-refractivity contribution >= 4 is 17.3 Å². The first-order valence-electron chi connectivity index (χ1n) is 5.09. The van der Waals surface area contributed by atoms with Gasteiger partial charge in [-0.25, -0.2) is 4.98 Å². The molecule has 17 heavy (non-hydrogen) atoms. The van der Waals surface area contributed by atoms with Gasteiger partial charge < -0.3 is 10.5 Å². The average Bonchev–Trinajstić information content (AvgIpc) is 2.28. The van der Waals surface area contributed by atoms with Gasteiger partial charge in [-0.1, -0.05) is 11.6 Å². The molecule has 2 N–H and O–H groups in total. The fraction of sp³-hybridized carbons (Fsp3) is 0.167. The minimum absolute atomic E-state index is 0.443. The number of hydrogen-bond acceptors (Lipinski definition) is 4. The molecule has 0 aliphatic heterocycles. The van der Waals surface area contributed by atoms with Crippen LogP contribution in [0.25, 0.3) is 0 Å². The summed E-state index contributed by atoms with van der Waals surface area (Å²) in [6, 6.07) is 5.05. The van der Waals surface area contributed by atoms with E-state index in [9.17, 15) is 0 Å². The van der Waals surface area contributed by atoms with Crippen LogP contribution in [0.3, 0.4) is 0 Å². The van der Waals surface area contributed by atoms with Crippen molar-refractivity contribution in [2.24, 2.45) is 0 Å². The molecular formula is C12H12ClN3O. The van der Waals surface area contributed by atoms with E-state index in [1.807, 2.05) is 13.8 Å². The first-order valence-corrected chi connectivity index (χ1v) is 5.47. The number of halogens is 1. The highest BCUT2D eigenvalue weighted by molar-refractivity contribution is 6.30. The van der Waals surface area contributed by atoms with E-state index in [1.165, 1.54) is 0 Å². The summed E-state index contributed by atoms with van der Waals surface area (Å²) in [4.78, 5) is 8.42. The molecule has 0 unspecified atom stereocenters. The maximum absolute atomic E-state index is 5.88. The summed E-state index contributed by atoms with van der Waals surface area (Å²) < 4.78 is 5.62. The second kappa shape index (κ2) is 4.59. The van der Waals surface area contributed by atoms with E-state index < -0.39 is 0 Å². The smallest absolute Gasteiger partial charge is 0.241 e. The van der Waals surface area contributed by atoms with Crippen molar-refractivity contribution in [3.05, 3.63) is 40.8 Å². The van der Waals surface area contributed by atoms with Gasteiger partial charge >= 0.3 is 0 Å². The summed E-state index contributed by atoms with van der Waals surface area (Å²) in [6.45, 7) is 3.67. The largest absolute Gasteiger partial charge is 0.435 e. The van der Waals surface area contributed by atoms with Gasteiger partial charge in [0.15, 0.2) is 5.75 Å². The van der Waals surface area contributed by atoms with Crippen molar-refractivity contribution in [3.63, 3.8) is 0 Å². The number of anilines is 1. The lowest BCUT2D eigenvalue weighted by atomic mass is 10.3. The molecule has 88 valence electrons. The van der Waals surface area contributed by atoms with E-state index in [2.05, 4.69) is 9.97 Å². The van der Waals surface area contributed by atoms with Crippen LogP contribution < -0.4 is 10.5 Å². The first-order chi connectivity index (χ1) is 8.06. The van der Waals surface area contributed by atoms with Crippen LogP contribution in [0.15, 0.2) is 24.4 Å². The van der Waals surface area contributed by atoms with Gasteiger partial charge in [0.1, 0.15) is 0 Å². The van der Waals surface area contributed by atoms with Crippen LogP contribution in [0.1, 0.15) is 11.4 Å². The number of hydrogen-bond donors (Lipinski definition) is 1. The lowest BCUT2D eigenvalue weighted by molar-refractivity contribution is 0.456. The predicted octanol–water partition coefficient (Wildman–Crippen LogP) is 3.12. The van der Waals surface area contributed by atoms with Crippen LogP contribution >= 0.6 is 11.6 Å². The van der Waals surface area contributed by atoms with Gasteiger partial charge in [-0.3, -0.25) is 4.98 Å². The number of nitrogens with two attached hydrogens (primary N) is 1. The molecule has 1 aromatic heterocycles. The third-order valence-corrected chi connectivity index (χ3v) is 2.45. The third kappa shape index (κ3) is 2.65. The molecule has 0 aliphatic rings. The van der Waals surface area contributed by atoms with Gasteiger partial charge in [0.05, 0.1) is 17.1 Å². The minimum atomic E-state index is 0.443. The van der Waals surface area contributed by atoms with Gasteiger partial charge in [-0.15, -0.1) is 0 Å². The minimum Gasteiger partial charge on any atom is -0.435 e. The first kappa shape index (κ1) is 11.7. The lowest BCUT2D eigenvalue weighted by Crippen LogP contribution is -1.98. The number of rotatable bonds is 2. The molecule has 5 heteroatoms. The van der Waals surface area contributed by atoms with Crippen LogP contribution in [-0.4, -0.2) is 9.97 Å². The molecule has 2 aromatic rings. The number of aromatic nitrogens is 2. The molecule has 1 heterocycles. The number of aryl methyl sites for hydroxylation is 2. The topological polar surface area (TPSA) is 61.0 Å². The molecule has 0 amide bonds. The zero-order valence-corrected chi connectivity index (χ0v) is 10.3. The van der Waals surface area contributed by atoms with Gasteiger partial charge in [0.2, 0.25) is 5.88 Å². The molecule has 0 atom stereocenters. The zero-order chi connectivity index (χ0) is 12.4. The number of nitrogens with zero attached hydrogens (tertiary/aromatic N) is 2. The van der Waals surface area contributed by atoms with Crippen molar-refractivity contribution in [1.29, 1.82) is 0 Å². The Morgan fingerprint density at radius 2 is 2.06 bits per heavy atom. The summed E-state index contributed by atoms with van der Waals surface area (Å²) in [5.74, 6) is 0.930. The van der Waals surface area contributed by atoms with Gasteiger partial charge in [-0.05, 0) is 26.0 Å². The van der Waals surface area contributed by atoms with Crippen LogP contribution in [0.4, 0.5) is 5.69 Å². The maximum atomic E-state index is 5.88. The van der Waals surface area contributed by atoms with Crippen molar-refractivity contribution in [1.82, 2.24) is 9.97 Å². The van der Waals surface area contributed by atoms with Crippen molar-refractivity contribution in [2.45, 2.75) is 13.8 Å². The summed E-state index contributed by atoms with van der Waals surface area (Å²) in [6.07, 6.45) is 1.68. The standard InChI is InChI=1S/C12H12ClN3O/c1-7-6-15-8(2)12(16-7)17-11-5-9(13)3-4-10(11)14/h3-6H,14H2,1-2H3. The Balaban J connectivity index is 2.37. The molecule has 1 aromatic carbocycles. The zero-order valence-electron chi connectivity index (χ0n) is 9.57. The molecule has 0 aliphatic carbocycles. The van der Waals surface area contributed by atoms with E-state index in [0.29, 0.717) is 28.0 Å². The molecule has 0 saturated carbocycles. The molecule has 0 fully saturated rings. The third-order valence-electron chi connectivity index (χ3n) is 2.21. The highest BCUT2D eigenvalue weighted by Crippen LogP contribution is 2.30. The van der Waals surface area contributed by atoms with Gasteiger partial charge in [-0.2, -0.15) is 0 Å². The lowest BCUT2D eigenvalue weighted by Gasteiger charge is -2.09. The van der Waals surface area contributed by atoms with Crippen LogP contribution in [-0.2, 0) is 0 Å². The normalized spacial score (nSPS) is 10.3. The Kier molecular flexibility index (Phi) is 3.15. The van der Waals surface area contributed by atoms with E-state index >= 15 is 0 Å². The summed E-state index contributed by atoms with van der Waals surface area (Å²) in [5.41, 5.74) is 7.79. The Morgan fingerprint density at radius 3 is 2.82 bits per heavy atom. The number of benzene rings is 1. The molecule has 4 nitrogen and oxygen atoms in total. The fourth-order valence-corrected chi connectivity index (χ4v) is 1.47. The number of nitrogen functional groups attached to an aromatic ring is 1. The van der Waals surface area contributed by atoms with E-state index in [4.69, 9.17) is 22.1 Å². The molecule has 2 rings (SSSR count). The predicted molar refractivity (Wildman–Crippen MR) is 67.4 cm³/mol. The highest BCUT2D eigenvalue weighted by Gasteiger charge is 2.08. The van der Waals surface area contributed by atoms with E-state index in [0.717, 1.165) is 5.69 Å². The second-order valence-electron chi connectivity index (χ2n) is 3.69. The molecular weight excluding hydrogens is 238 g/mol. The Morgan fingerprint density at radius 1 is 1.29 bits per heavy atom. The molecule has 0 bridgehead atoms. The molecule has 0 radical (unpaired) electrons.